The van der Waals surface area contributed by atoms with Crippen LogP contribution in [0.4, 0.5) is 4.39 Å². The van der Waals surface area contributed by atoms with Gasteiger partial charge in [-0.05, 0) is 25.5 Å². The summed E-state index contributed by atoms with van der Waals surface area (Å²) in [5, 5.41) is 9.56. The summed E-state index contributed by atoms with van der Waals surface area (Å²) >= 11 is 0. The van der Waals surface area contributed by atoms with Gasteiger partial charge in [-0.1, -0.05) is 0 Å². The molecule has 1 saturated heterocycles. The fourth-order valence-corrected chi connectivity index (χ4v) is 2.78. The van der Waals surface area contributed by atoms with Crippen molar-refractivity contribution in [1.29, 1.82) is 0 Å². The zero-order chi connectivity index (χ0) is 13.4. The molecule has 1 aromatic carbocycles. The molecular weight excluding hydrogens is 245 g/mol. The van der Waals surface area contributed by atoms with E-state index >= 15 is 0 Å². The number of likely N-dealkylation sites (tertiary alicyclic amines) is 1. The van der Waals surface area contributed by atoms with E-state index in [4.69, 9.17) is 0 Å². The standard InChI is InChI=1S/C14H18FN3O/c1-2-18-13-4-3-10(15)7-12(13)16-14(18)9-17-6-5-11(19)8-17/h3-4,7,11,19H,2,5-6,8-9H2,1H3/t11-/m0/s1. The van der Waals surface area contributed by atoms with Crippen LogP contribution in [0.25, 0.3) is 11.0 Å². The fourth-order valence-electron chi connectivity index (χ4n) is 2.78. The first kappa shape index (κ1) is 12.6. The van der Waals surface area contributed by atoms with Crippen LogP contribution in [0.15, 0.2) is 18.2 Å². The molecule has 1 atom stereocenters. The minimum absolute atomic E-state index is 0.225. The summed E-state index contributed by atoms with van der Waals surface area (Å²) in [7, 11) is 0. The Kier molecular flexibility index (Phi) is 3.24. The van der Waals surface area contributed by atoms with Crippen molar-refractivity contribution < 1.29 is 9.50 Å². The molecule has 0 spiro atoms. The van der Waals surface area contributed by atoms with Crippen LogP contribution in [0.1, 0.15) is 19.2 Å². The van der Waals surface area contributed by atoms with E-state index in [1.165, 1.54) is 12.1 Å². The predicted molar refractivity (Wildman–Crippen MR) is 71.3 cm³/mol. The molecule has 3 rings (SSSR count). The average Bonchev–Trinajstić information content (AvgIpc) is 2.92. The van der Waals surface area contributed by atoms with Gasteiger partial charge in [0.15, 0.2) is 0 Å². The van der Waals surface area contributed by atoms with E-state index in [2.05, 4.69) is 21.4 Å². The number of aliphatic hydroxyl groups excluding tert-OH is 1. The van der Waals surface area contributed by atoms with E-state index in [1.54, 1.807) is 6.07 Å². The van der Waals surface area contributed by atoms with Crippen LogP contribution in [0.5, 0.6) is 0 Å². The third-order valence-electron chi connectivity index (χ3n) is 3.72. The molecule has 2 aromatic rings. The second-order valence-electron chi connectivity index (χ2n) is 5.08. The second kappa shape index (κ2) is 4.90. The monoisotopic (exact) mass is 263 g/mol. The van der Waals surface area contributed by atoms with Crippen LogP contribution >= 0.6 is 0 Å². The number of fused-ring (bicyclic) bond motifs is 1. The van der Waals surface area contributed by atoms with E-state index in [1.807, 2.05) is 0 Å². The van der Waals surface area contributed by atoms with Gasteiger partial charge in [0.25, 0.3) is 0 Å². The lowest BCUT2D eigenvalue weighted by Crippen LogP contribution is -2.23. The molecule has 1 fully saturated rings. The van der Waals surface area contributed by atoms with Gasteiger partial charge in [0.1, 0.15) is 11.6 Å². The lowest BCUT2D eigenvalue weighted by atomic mass is 10.3. The van der Waals surface area contributed by atoms with Gasteiger partial charge in [0, 0.05) is 25.7 Å². The van der Waals surface area contributed by atoms with Gasteiger partial charge in [0.2, 0.25) is 0 Å². The van der Waals surface area contributed by atoms with Gasteiger partial charge < -0.3 is 9.67 Å². The van der Waals surface area contributed by atoms with Crippen molar-refractivity contribution in [2.24, 2.45) is 0 Å². The van der Waals surface area contributed by atoms with E-state index in [9.17, 15) is 9.50 Å². The Labute approximate surface area is 111 Å². The number of benzene rings is 1. The highest BCUT2D eigenvalue weighted by atomic mass is 19.1. The van der Waals surface area contributed by atoms with Crippen LogP contribution in [-0.2, 0) is 13.1 Å². The van der Waals surface area contributed by atoms with Crippen molar-refractivity contribution in [2.45, 2.75) is 32.5 Å². The van der Waals surface area contributed by atoms with Gasteiger partial charge in [-0.25, -0.2) is 9.37 Å². The van der Waals surface area contributed by atoms with Gasteiger partial charge >= 0.3 is 0 Å². The first-order valence-electron chi connectivity index (χ1n) is 6.72. The molecule has 1 aliphatic rings. The number of hydrogen-bond acceptors (Lipinski definition) is 3. The molecule has 0 amide bonds. The van der Waals surface area contributed by atoms with Crippen LogP contribution in [0.3, 0.4) is 0 Å². The highest BCUT2D eigenvalue weighted by Gasteiger charge is 2.22. The highest BCUT2D eigenvalue weighted by molar-refractivity contribution is 5.76. The first-order valence-corrected chi connectivity index (χ1v) is 6.72. The van der Waals surface area contributed by atoms with Crippen LogP contribution in [-0.4, -0.2) is 38.8 Å². The summed E-state index contributed by atoms with van der Waals surface area (Å²) < 4.78 is 15.4. The Morgan fingerprint density at radius 2 is 2.32 bits per heavy atom. The van der Waals surface area contributed by atoms with Crippen molar-refractivity contribution in [2.75, 3.05) is 13.1 Å². The normalized spacial score (nSPS) is 20.5. The number of β-amino-alcohol motifs (C(OH)–C–C–N with tert-alkyl or cyclic N) is 1. The summed E-state index contributed by atoms with van der Waals surface area (Å²) in [6, 6.07) is 4.73. The SMILES string of the molecule is CCn1c(CN2CC[C@H](O)C2)nc2cc(F)ccc21. The third-order valence-corrected chi connectivity index (χ3v) is 3.72. The fraction of sp³-hybridized carbons (Fsp3) is 0.500. The van der Waals surface area contributed by atoms with Crippen LogP contribution in [0.2, 0.25) is 0 Å². The van der Waals surface area contributed by atoms with Crippen LogP contribution in [0, 0.1) is 5.82 Å². The molecule has 2 heterocycles. The number of aryl methyl sites for hydroxylation is 1. The molecule has 0 radical (unpaired) electrons. The number of hydrogen-bond donors (Lipinski definition) is 1. The highest BCUT2D eigenvalue weighted by Crippen LogP contribution is 2.20. The predicted octanol–water partition coefficient (Wildman–Crippen LogP) is 1.76. The van der Waals surface area contributed by atoms with Gasteiger partial charge in [0.05, 0.1) is 23.7 Å². The molecule has 0 saturated carbocycles. The van der Waals surface area contributed by atoms with Gasteiger partial charge in [-0.15, -0.1) is 0 Å². The van der Waals surface area contributed by atoms with E-state index < -0.39 is 0 Å². The summed E-state index contributed by atoms with van der Waals surface area (Å²) in [5.41, 5.74) is 1.68. The number of aliphatic hydroxyl groups is 1. The number of aromatic nitrogens is 2. The molecule has 0 unspecified atom stereocenters. The molecular formula is C14H18FN3O. The number of nitrogens with zero attached hydrogens (tertiary/aromatic N) is 3. The molecule has 19 heavy (non-hydrogen) atoms. The largest absolute Gasteiger partial charge is 0.392 e. The zero-order valence-corrected chi connectivity index (χ0v) is 11.0. The molecule has 1 aromatic heterocycles. The number of halogens is 1. The molecule has 102 valence electrons. The summed E-state index contributed by atoms with van der Waals surface area (Å²) in [6.45, 7) is 5.17. The third kappa shape index (κ3) is 2.35. The molecule has 1 aliphatic heterocycles. The lowest BCUT2D eigenvalue weighted by Gasteiger charge is -2.15. The Morgan fingerprint density at radius 1 is 1.47 bits per heavy atom. The Balaban J connectivity index is 1.93. The van der Waals surface area contributed by atoms with Crippen molar-refractivity contribution in [3.05, 3.63) is 29.8 Å². The molecule has 0 bridgehead atoms. The Bertz CT molecular complexity index is 596. The van der Waals surface area contributed by atoms with E-state index in [0.29, 0.717) is 18.6 Å². The molecule has 1 N–H and O–H groups in total. The maximum Gasteiger partial charge on any atom is 0.125 e. The number of rotatable bonds is 3. The van der Waals surface area contributed by atoms with E-state index in [-0.39, 0.29) is 11.9 Å². The summed E-state index contributed by atoms with van der Waals surface area (Å²) in [5.74, 6) is 0.689. The van der Waals surface area contributed by atoms with Crippen molar-refractivity contribution in [3.8, 4) is 0 Å². The number of imidazole rings is 1. The van der Waals surface area contributed by atoms with Crippen LogP contribution < -0.4 is 0 Å². The summed E-state index contributed by atoms with van der Waals surface area (Å²) in [4.78, 5) is 6.72. The average molecular weight is 263 g/mol. The van der Waals surface area contributed by atoms with Crippen molar-refractivity contribution >= 4 is 11.0 Å². The first-order chi connectivity index (χ1) is 9.17. The van der Waals surface area contributed by atoms with E-state index in [0.717, 1.165) is 30.9 Å². The Hall–Kier alpha value is -1.46. The van der Waals surface area contributed by atoms with Gasteiger partial charge in [-0.2, -0.15) is 0 Å². The Morgan fingerprint density at radius 3 is 3.00 bits per heavy atom. The smallest absolute Gasteiger partial charge is 0.125 e. The molecule has 4 nitrogen and oxygen atoms in total. The minimum Gasteiger partial charge on any atom is -0.392 e. The zero-order valence-electron chi connectivity index (χ0n) is 11.0. The quantitative estimate of drug-likeness (QED) is 0.917. The topological polar surface area (TPSA) is 41.3 Å². The maximum atomic E-state index is 13.2. The van der Waals surface area contributed by atoms with Gasteiger partial charge in [-0.3, -0.25) is 4.90 Å². The minimum atomic E-state index is -0.253. The van der Waals surface area contributed by atoms with Crippen molar-refractivity contribution in [1.82, 2.24) is 14.5 Å². The summed E-state index contributed by atoms with van der Waals surface area (Å²) in [6.07, 6.45) is 0.595. The molecule has 5 heteroatoms. The second-order valence-corrected chi connectivity index (χ2v) is 5.08. The lowest BCUT2D eigenvalue weighted by molar-refractivity contribution is 0.173. The molecule has 0 aliphatic carbocycles. The maximum absolute atomic E-state index is 13.2. The van der Waals surface area contributed by atoms with Crippen molar-refractivity contribution in [3.63, 3.8) is 0 Å².